The Morgan fingerprint density at radius 1 is 1.00 bits per heavy atom. The van der Waals surface area contributed by atoms with Gasteiger partial charge in [-0.25, -0.2) is 5.84 Å². The van der Waals surface area contributed by atoms with Crippen LogP contribution in [0.2, 0.25) is 0 Å². The van der Waals surface area contributed by atoms with Crippen LogP contribution in [-0.4, -0.2) is 41.7 Å². The molecule has 0 heterocycles. The Balaban J connectivity index is -0.0000000982. The number of carboxylic acids is 2. The highest BCUT2D eigenvalue weighted by Gasteiger charge is 2.21. The van der Waals surface area contributed by atoms with Gasteiger partial charge in [0.1, 0.15) is 0 Å². The van der Waals surface area contributed by atoms with Crippen LogP contribution in [0, 0.1) is 17.8 Å². The summed E-state index contributed by atoms with van der Waals surface area (Å²) in [5.74, 6) is 6.63. The molecule has 8 N–H and O–H groups in total. The van der Waals surface area contributed by atoms with Crippen molar-refractivity contribution in [3.8, 4) is 0 Å². The Morgan fingerprint density at radius 2 is 1.48 bits per heavy atom. The number of hydrazine groups is 2. The second kappa shape index (κ2) is 24.0. The lowest BCUT2D eigenvalue weighted by Crippen LogP contribution is -2.36. The highest BCUT2D eigenvalue weighted by Crippen LogP contribution is 2.15. The summed E-state index contributed by atoms with van der Waals surface area (Å²) in [4.78, 5) is 40.7. The van der Waals surface area contributed by atoms with E-state index in [0.29, 0.717) is 19.0 Å². The zero-order chi connectivity index (χ0) is 20.4. The van der Waals surface area contributed by atoms with Crippen molar-refractivity contribution in [1.29, 1.82) is 0 Å². The van der Waals surface area contributed by atoms with Gasteiger partial charge in [-0.2, -0.15) is 0 Å². The van der Waals surface area contributed by atoms with Crippen molar-refractivity contribution in [1.82, 2.24) is 10.8 Å². The maximum atomic E-state index is 11.0. The zero-order valence-electron chi connectivity index (χ0n) is 15.2. The first-order valence-corrected chi connectivity index (χ1v) is 7.81. The number of hydrogen-bond donors (Lipinski definition) is 6. The number of carboxylic acid groups (broad SMARTS) is 2. The van der Waals surface area contributed by atoms with Gasteiger partial charge in [-0.15, -0.1) is 0 Å². The number of carbonyl (C=O) groups excluding carboxylic acids is 2. The Labute approximate surface area is 163 Å². The number of rotatable bonds is 9. The Kier molecular flexibility index (Phi) is 32.1. The van der Waals surface area contributed by atoms with Gasteiger partial charge in [0, 0.05) is 5.92 Å². The first-order chi connectivity index (χ1) is 11.6. The smallest absolute Gasteiger partial charge is 0.306 e. The minimum atomic E-state index is -0.862. The number of aliphatic carboxylic acids is 2. The molecule has 3 atom stereocenters. The summed E-state index contributed by atoms with van der Waals surface area (Å²) in [6, 6.07) is 0. The van der Waals surface area contributed by atoms with Crippen LogP contribution in [0.5, 0.6) is 0 Å². The number of nitrogens with one attached hydrogen (secondary N) is 2. The Hall–Kier alpha value is -1.98. The van der Waals surface area contributed by atoms with E-state index in [1.807, 2.05) is 17.7 Å². The van der Waals surface area contributed by atoms with E-state index in [0.717, 1.165) is 13.8 Å². The summed E-state index contributed by atoms with van der Waals surface area (Å²) >= 11 is 0. The van der Waals surface area contributed by atoms with Gasteiger partial charge in [-0.3, -0.25) is 31.0 Å². The second-order valence-corrected chi connectivity index (χ2v) is 5.21. The van der Waals surface area contributed by atoms with Crippen LogP contribution in [0.15, 0.2) is 0 Å². The molecule has 3 unspecified atom stereocenters. The van der Waals surface area contributed by atoms with Crippen LogP contribution in [0.4, 0.5) is 0 Å². The predicted octanol–water partition coefficient (Wildman–Crippen LogP) is 0.762. The molecule has 0 aromatic rings. The molecular formula is C16H38BN4O6. The number of carbonyl (C=O) groups is 4. The lowest BCUT2D eigenvalue weighted by Gasteiger charge is -2.14. The van der Waals surface area contributed by atoms with Crippen LogP contribution < -0.4 is 22.4 Å². The molecule has 0 aromatic carbocycles. The van der Waals surface area contributed by atoms with Crippen molar-refractivity contribution in [2.24, 2.45) is 29.4 Å². The Morgan fingerprint density at radius 3 is 1.63 bits per heavy atom. The van der Waals surface area contributed by atoms with E-state index >= 15 is 0 Å². The first-order valence-electron chi connectivity index (χ1n) is 7.81. The molecule has 161 valence electrons. The van der Waals surface area contributed by atoms with Gasteiger partial charge in [0.05, 0.1) is 18.0 Å². The average molecular weight is 393 g/mol. The number of amides is 1. The van der Waals surface area contributed by atoms with E-state index in [1.165, 1.54) is 0 Å². The van der Waals surface area contributed by atoms with Crippen LogP contribution in [-0.2, 0) is 19.2 Å². The third kappa shape index (κ3) is 24.0. The normalized spacial score (nSPS) is 11.8. The van der Waals surface area contributed by atoms with E-state index < -0.39 is 17.9 Å². The summed E-state index contributed by atoms with van der Waals surface area (Å²) in [6.07, 6.45) is 2.14. The molecule has 1 amide bonds. The second-order valence-electron chi connectivity index (χ2n) is 5.21. The van der Waals surface area contributed by atoms with Gasteiger partial charge < -0.3 is 15.0 Å². The molecule has 0 aliphatic rings. The fourth-order valence-corrected chi connectivity index (χ4v) is 1.33. The molecule has 10 nitrogen and oxygen atoms in total. The minimum Gasteiger partial charge on any atom is -0.481 e. The van der Waals surface area contributed by atoms with E-state index in [-0.39, 0.29) is 32.6 Å². The summed E-state index contributed by atoms with van der Waals surface area (Å²) in [5.41, 5.74) is 2.00. The standard InChI is InChI=1S/C8H16N2O3.C5H10O2.CH4BN2O.2CH4/c1-3-6(8(12)13)4-5(2)7(11)10-9;1-3-4(2)5(6)7;3-4-2-1-5;;/h5-6H,3-4,9H2,1-2H3,(H,10,11)(H,12,13);4H,3H2,1-2H3,(H,6,7);1,4H,3H2;2*1H4. The van der Waals surface area contributed by atoms with Gasteiger partial charge >= 0.3 is 19.4 Å². The lowest BCUT2D eigenvalue weighted by atomic mass is 9.93. The highest BCUT2D eigenvalue weighted by atomic mass is 16.4. The number of hydrogen-bond acceptors (Lipinski definition) is 7. The molecule has 0 spiro atoms. The average Bonchev–Trinajstić information content (AvgIpc) is 2.59. The molecule has 0 saturated carbocycles. The van der Waals surface area contributed by atoms with Crippen LogP contribution in [0.3, 0.4) is 0 Å². The van der Waals surface area contributed by atoms with Gasteiger partial charge in [0.25, 0.3) is 0 Å². The molecule has 0 aromatic heterocycles. The van der Waals surface area contributed by atoms with Gasteiger partial charge in [0.2, 0.25) is 5.91 Å². The molecule has 0 bridgehead atoms. The lowest BCUT2D eigenvalue weighted by molar-refractivity contribution is -0.143. The fourth-order valence-electron chi connectivity index (χ4n) is 1.33. The molecular weight excluding hydrogens is 355 g/mol. The zero-order valence-corrected chi connectivity index (χ0v) is 15.2. The van der Waals surface area contributed by atoms with Crippen molar-refractivity contribution in [2.45, 2.75) is 61.8 Å². The molecule has 0 rings (SSSR count). The predicted molar refractivity (Wildman–Crippen MR) is 108 cm³/mol. The van der Waals surface area contributed by atoms with Crippen molar-refractivity contribution in [3.63, 3.8) is 0 Å². The quantitative estimate of drug-likeness (QED) is 0.108. The van der Waals surface area contributed by atoms with E-state index in [2.05, 4.69) is 5.84 Å². The minimum absolute atomic E-state index is 0. The van der Waals surface area contributed by atoms with Gasteiger partial charge in [0.15, 0.2) is 0 Å². The SMILES string of the molecule is C.C.CCC(C)C(=O)O.CCC(CC(C)C(=O)NN)C(=O)O.NN[B]C=O. The third-order valence-electron chi connectivity index (χ3n) is 3.27. The van der Waals surface area contributed by atoms with Crippen LogP contribution in [0.25, 0.3) is 0 Å². The third-order valence-corrected chi connectivity index (χ3v) is 3.27. The molecule has 0 aliphatic heterocycles. The van der Waals surface area contributed by atoms with Crippen molar-refractivity contribution < 1.29 is 29.4 Å². The molecule has 27 heavy (non-hydrogen) atoms. The molecule has 0 fully saturated rings. The first kappa shape index (κ1) is 36.0. The topological polar surface area (TPSA) is 185 Å². The maximum absolute atomic E-state index is 11.0. The largest absolute Gasteiger partial charge is 0.481 e. The van der Waals surface area contributed by atoms with Crippen LogP contribution in [0.1, 0.15) is 61.8 Å². The fraction of sp³-hybridized carbons (Fsp3) is 0.750. The van der Waals surface area contributed by atoms with E-state index in [1.54, 1.807) is 20.8 Å². The van der Waals surface area contributed by atoms with Crippen molar-refractivity contribution in [2.75, 3.05) is 0 Å². The molecule has 0 aliphatic carbocycles. The summed E-state index contributed by atoms with van der Waals surface area (Å²) in [6.45, 7) is 7.00. The number of nitrogens with two attached hydrogens (primary N) is 2. The van der Waals surface area contributed by atoms with Gasteiger partial charge in [-0.05, 0) is 19.3 Å². The summed E-state index contributed by atoms with van der Waals surface area (Å²) < 4.78 is 0. The van der Waals surface area contributed by atoms with E-state index in [4.69, 9.17) is 16.1 Å². The molecule has 1 radical (unpaired) electrons. The van der Waals surface area contributed by atoms with Gasteiger partial charge in [-0.1, -0.05) is 42.5 Å². The summed E-state index contributed by atoms with van der Waals surface area (Å²) in [7, 11) is 1.10. The highest BCUT2D eigenvalue weighted by molar-refractivity contribution is 6.64. The van der Waals surface area contributed by atoms with Crippen molar-refractivity contribution in [3.05, 3.63) is 0 Å². The van der Waals surface area contributed by atoms with E-state index in [9.17, 15) is 19.2 Å². The summed E-state index contributed by atoms with van der Waals surface area (Å²) in [5, 5.41) is 18.9. The van der Waals surface area contributed by atoms with Crippen LogP contribution >= 0.6 is 0 Å². The molecule has 11 heteroatoms. The Bertz CT molecular complexity index is 399. The monoisotopic (exact) mass is 393 g/mol. The molecule has 0 saturated heterocycles. The maximum Gasteiger partial charge on any atom is 0.306 e. The van der Waals surface area contributed by atoms with Crippen molar-refractivity contribution >= 4 is 31.4 Å².